The molecule has 314 valence electrons. The van der Waals surface area contributed by atoms with Crippen LogP contribution in [0.15, 0.2) is 12.2 Å². The zero-order valence-electron chi connectivity index (χ0n) is 35.0. The van der Waals surface area contributed by atoms with Crippen molar-refractivity contribution in [1.29, 1.82) is 0 Å². The number of unbranched alkanes of at least 4 members (excludes halogenated alkanes) is 15. The fourth-order valence-electron chi connectivity index (χ4n) is 4.63. The zero-order chi connectivity index (χ0) is 39.0. The summed E-state index contributed by atoms with van der Waals surface area (Å²) in [5, 5.41) is 8.46. The monoisotopic (exact) mass is 745 g/mol. The van der Waals surface area contributed by atoms with E-state index in [2.05, 4.69) is 55.0 Å². The highest BCUT2D eigenvalue weighted by Crippen LogP contribution is 2.17. The molecule has 51 heavy (non-hydrogen) atoms. The Morgan fingerprint density at radius 3 is 1.22 bits per heavy atom. The summed E-state index contributed by atoms with van der Waals surface area (Å²) in [6.07, 6.45) is 27.5. The molecule has 0 saturated carbocycles. The predicted octanol–water partition coefficient (Wildman–Crippen LogP) is 14.2. The molecule has 1 N–H and O–H groups in total. The maximum Gasteiger partial charge on any atom is 0.762 e. The van der Waals surface area contributed by atoms with E-state index in [9.17, 15) is 12.9 Å². The Bertz CT molecular complexity index is 556. The van der Waals surface area contributed by atoms with E-state index in [1.807, 2.05) is 13.8 Å². The molecule has 0 amide bonds. The summed E-state index contributed by atoms with van der Waals surface area (Å²) in [6, 6.07) is 0. The molecule has 0 fully saturated rings. The Morgan fingerprint density at radius 2 is 0.922 bits per heavy atom. The molecule has 0 aliphatic rings. The third-order valence-electron chi connectivity index (χ3n) is 7.46. The number of hydrogen-bond acceptors (Lipinski definition) is 5. The average molecular weight is 745 g/mol. The Morgan fingerprint density at radius 1 is 0.549 bits per heavy atom. The molecule has 0 aromatic heterocycles. The lowest BCUT2D eigenvalue weighted by Gasteiger charge is -2.25. The second-order valence-corrected chi connectivity index (χ2v) is 13.3. The largest absolute Gasteiger partial charge is 0.762 e. The molecule has 0 rings (SSSR count). The normalized spacial score (nSPS) is 10.2. The van der Waals surface area contributed by atoms with Gasteiger partial charge in [0.1, 0.15) is 0 Å². The summed E-state index contributed by atoms with van der Waals surface area (Å²) in [5.74, 6) is 0. The number of halogens is 3. The summed E-state index contributed by atoms with van der Waals surface area (Å²) in [6.45, 7) is 28.6. The van der Waals surface area contributed by atoms with Crippen molar-refractivity contribution in [2.75, 3.05) is 52.9 Å². The van der Waals surface area contributed by atoms with E-state index in [-0.39, 0.29) is 19.6 Å². The smallest absolute Gasteiger partial charge is 0.394 e. The lowest BCUT2D eigenvalue weighted by molar-refractivity contribution is -0.0514. The Hall–Kier alpha value is -0.605. The molecule has 0 radical (unpaired) electrons. The Balaban J connectivity index is -0.000000144. The standard InChI is InChI=1S/C19H40O2.C12H26O2.C6H12.C4H10O.CH4.BF3/c1-5-7-9-10-11-12-13-14-16-20-17-18-21-19(3,4)15-8-6-2;1-2-3-4-5-6-7-8-9-11-14-12-10-13;1-4-5-6(2)3;1-3-5-4-2;;2-1(3)4/h5-18H2,1-4H3;13H,2-12H2,1H3;2,4-5H2,1,3H3;3-4H2,1-2H3;1H4;. The van der Waals surface area contributed by atoms with Crippen LogP contribution in [0.4, 0.5) is 12.9 Å². The molecule has 0 aliphatic heterocycles. The van der Waals surface area contributed by atoms with Gasteiger partial charge in [0.05, 0.1) is 32.0 Å². The van der Waals surface area contributed by atoms with Crippen LogP contribution in [0.25, 0.3) is 0 Å². The van der Waals surface area contributed by atoms with E-state index in [0.717, 1.165) is 52.5 Å². The molecule has 0 bridgehead atoms. The quantitative estimate of drug-likeness (QED) is 0.0435. The maximum absolute atomic E-state index is 9.67. The topological polar surface area (TPSA) is 57.2 Å². The minimum absolute atomic E-state index is 0. The first-order chi connectivity index (χ1) is 24.0. The molecule has 0 saturated heterocycles. The highest BCUT2D eigenvalue weighted by atomic mass is 19.4. The average Bonchev–Trinajstić information content (AvgIpc) is 3.06. The molecule has 0 aliphatic carbocycles. The molecule has 0 spiro atoms. The first kappa shape index (κ1) is 62.4. The van der Waals surface area contributed by atoms with Crippen LogP contribution in [-0.2, 0) is 18.9 Å². The van der Waals surface area contributed by atoms with Gasteiger partial charge >= 0.3 is 7.54 Å². The van der Waals surface area contributed by atoms with Crippen LogP contribution in [0.5, 0.6) is 0 Å². The van der Waals surface area contributed by atoms with E-state index in [4.69, 9.17) is 24.1 Å². The highest BCUT2D eigenvalue weighted by molar-refractivity contribution is 6.33. The molecule has 0 unspecified atom stereocenters. The fraction of sp³-hybridized carbons (Fsp3) is 0.952. The number of aliphatic hydroxyl groups is 1. The first-order valence-electron chi connectivity index (χ1n) is 20.5. The van der Waals surface area contributed by atoms with Gasteiger partial charge in [-0.3, -0.25) is 12.9 Å². The van der Waals surface area contributed by atoms with Crippen molar-refractivity contribution >= 4 is 7.54 Å². The summed E-state index contributed by atoms with van der Waals surface area (Å²) in [7, 11) is -3.67. The Kier molecular flexibility index (Phi) is 71.8. The van der Waals surface area contributed by atoms with E-state index >= 15 is 0 Å². The van der Waals surface area contributed by atoms with Crippen LogP contribution >= 0.6 is 0 Å². The SMILES string of the molecule is C.C=C(C)CCC.CCCCCCCCCCOCCO.CCCCCCCCCCOCCOC(C)(C)CCCC.CCOCC.FB(F)F. The summed E-state index contributed by atoms with van der Waals surface area (Å²) in [5.41, 5.74) is 1.30. The van der Waals surface area contributed by atoms with Crippen LogP contribution in [0.1, 0.15) is 205 Å². The molecular formula is C42H92BF3O5. The van der Waals surface area contributed by atoms with Crippen LogP contribution < -0.4 is 0 Å². The van der Waals surface area contributed by atoms with Crippen LogP contribution in [0, 0.1) is 0 Å². The second-order valence-electron chi connectivity index (χ2n) is 13.3. The number of ether oxygens (including phenoxy) is 4. The van der Waals surface area contributed by atoms with Crippen molar-refractivity contribution in [3.05, 3.63) is 12.2 Å². The second kappa shape index (κ2) is 58.7. The number of rotatable bonds is 31. The van der Waals surface area contributed by atoms with Crippen molar-refractivity contribution < 1.29 is 37.0 Å². The van der Waals surface area contributed by atoms with Gasteiger partial charge in [0.25, 0.3) is 0 Å². The van der Waals surface area contributed by atoms with Gasteiger partial charge in [-0.05, 0) is 60.3 Å². The molecule has 0 heterocycles. The molecular weight excluding hydrogens is 652 g/mol. The van der Waals surface area contributed by atoms with Gasteiger partial charge in [0.15, 0.2) is 0 Å². The highest BCUT2D eigenvalue weighted by Gasteiger charge is 2.16. The molecule has 5 nitrogen and oxygen atoms in total. The maximum atomic E-state index is 9.67. The molecule has 0 aromatic rings. The molecule has 0 atom stereocenters. The van der Waals surface area contributed by atoms with Crippen molar-refractivity contribution in [2.45, 2.75) is 210 Å². The zero-order valence-corrected chi connectivity index (χ0v) is 35.0. The van der Waals surface area contributed by atoms with E-state index in [1.54, 1.807) is 0 Å². The van der Waals surface area contributed by atoms with Gasteiger partial charge in [0, 0.05) is 26.4 Å². The van der Waals surface area contributed by atoms with Gasteiger partial charge in [-0.15, -0.1) is 6.58 Å². The van der Waals surface area contributed by atoms with Crippen molar-refractivity contribution in [2.24, 2.45) is 0 Å². The molecule has 0 aromatic carbocycles. The minimum Gasteiger partial charge on any atom is -0.394 e. The minimum atomic E-state index is -3.67. The van der Waals surface area contributed by atoms with Crippen molar-refractivity contribution in [3.8, 4) is 0 Å². The van der Waals surface area contributed by atoms with E-state index in [0.29, 0.717) is 6.61 Å². The fourth-order valence-corrected chi connectivity index (χ4v) is 4.63. The third kappa shape index (κ3) is 88.6. The Labute approximate surface area is 319 Å². The summed E-state index contributed by atoms with van der Waals surface area (Å²) >= 11 is 0. The van der Waals surface area contributed by atoms with Crippen LogP contribution in [-0.4, -0.2) is 71.1 Å². The van der Waals surface area contributed by atoms with Gasteiger partial charge in [0.2, 0.25) is 0 Å². The number of allylic oxidation sites excluding steroid dienone is 1. The van der Waals surface area contributed by atoms with Gasteiger partial charge in [-0.25, -0.2) is 0 Å². The van der Waals surface area contributed by atoms with Crippen molar-refractivity contribution in [1.82, 2.24) is 0 Å². The van der Waals surface area contributed by atoms with E-state index in [1.165, 1.54) is 128 Å². The summed E-state index contributed by atoms with van der Waals surface area (Å²) in [4.78, 5) is 0. The van der Waals surface area contributed by atoms with Gasteiger partial charge < -0.3 is 24.1 Å². The lowest BCUT2D eigenvalue weighted by atomic mass is 10.0. The first-order valence-corrected chi connectivity index (χ1v) is 20.5. The van der Waals surface area contributed by atoms with Crippen LogP contribution in [0.3, 0.4) is 0 Å². The van der Waals surface area contributed by atoms with Crippen molar-refractivity contribution in [3.63, 3.8) is 0 Å². The van der Waals surface area contributed by atoms with Gasteiger partial charge in [-0.1, -0.05) is 150 Å². The number of aliphatic hydroxyl groups excluding tert-OH is 1. The number of hydrogen-bond donors (Lipinski definition) is 1. The van der Waals surface area contributed by atoms with Gasteiger partial charge in [-0.2, -0.15) is 0 Å². The van der Waals surface area contributed by atoms with Crippen LogP contribution in [0.2, 0.25) is 0 Å². The predicted molar refractivity (Wildman–Crippen MR) is 221 cm³/mol. The molecule has 9 heteroatoms. The van der Waals surface area contributed by atoms with E-state index < -0.39 is 7.54 Å². The lowest BCUT2D eigenvalue weighted by Crippen LogP contribution is -2.26. The third-order valence-corrected chi connectivity index (χ3v) is 7.46. The summed E-state index contributed by atoms with van der Waals surface area (Å²) < 4.78 is 50.6.